The van der Waals surface area contributed by atoms with Crippen LogP contribution in [0, 0.1) is 0 Å². The summed E-state index contributed by atoms with van der Waals surface area (Å²) in [7, 11) is 2.58. The molecular weight excluding hydrogens is 288 g/mol. The van der Waals surface area contributed by atoms with Crippen LogP contribution in [0.4, 0.5) is 0 Å². The maximum atomic E-state index is 12.3. The van der Waals surface area contributed by atoms with Crippen molar-refractivity contribution in [1.29, 1.82) is 0 Å². The lowest BCUT2D eigenvalue weighted by molar-refractivity contribution is 0.404. The standard InChI is InChI=1S/C11H12N2O4S2/c1-5(19-18)13-11(17)7-4-9(15)8(14)3-6(7)10(16)12(13)2/h3-5,14-15,18H,1-2H3. The number of phenolic OH excluding ortho intramolecular Hbond substituents is 2. The van der Waals surface area contributed by atoms with Gasteiger partial charge in [-0.1, -0.05) is 10.8 Å². The largest absolute Gasteiger partial charge is 0.504 e. The Morgan fingerprint density at radius 3 is 2.11 bits per heavy atom. The molecule has 2 aromatic rings. The molecule has 1 unspecified atom stereocenters. The van der Waals surface area contributed by atoms with Gasteiger partial charge in [-0.25, -0.2) is 9.36 Å². The van der Waals surface area contributed by atoms with Gasteiger partial charge in [0, 0.05) is 7.05 Å². The first-order valence-electron chi connectivity index (χ1n) is 5.36. The van der Waals surface area contributed by atoms with E-state index in [4.69, 9.17) is 0 Å². The van der Waals surface area contributed by atoms with Crippen LogP contribution in [0.3, 0.4) is 0 Å². The minimum atomic E-state index is -0.435. The van der Waals surface area contributed by atoms with Gasteiger partial charge in [-0.15, -0.1) is 11.7 Å². The molecule has 6 nitrogen and oxygen atoms in total. The van der Waals surface area contributed by atoms with Gasteiger partial charge in [-0.3, -0.25) is 9.59 Å². The van der Waals surface area contributed by atoms with Crippen LogP contribution >= 0.6 is 22.5 Å². The Balaban J connectivity index is 3.01. The number of benzene rings is 1. The average Bonchev–Trinajstić information content (AvgIpc) is 2.38. The number of fused-ring (bicyclic) bond motifs is 1. The summed E-state index contributed by atoms with van der Waals surface area (Å²) in [6.45, 7) is 1.73. The number of hydrogen-bond acceptors (Lipinski definition) is 6. The number of phenols is 2. The molecule has 19 heavy (non-hydrogen) atoms. The number of aromatic hydroxyl groups is 2. The zero-order chi connectivity index (χ0) is 14.3. The van der Waals surface area contributed by atoms with Crippen LogP contribution < -0.4 is 11.1 Å². The molecule has 1 heterocycles. The third-order valence-electron chi connectivity index (χ3n) is 2.90. The fraction of sp³-hybridized carbons (Fsp3) is 0.273. The molecule has 2 N–H and O–H groups in total. The van der Waals surface area contributed by atoms with Crippen LogP contribution in [0.25, 0.3) is 10.8 Å². The topological polar surface area (TPSA) is 84.5 Å². The lowest BCUT2D eigenvalue weighted by Gasteiger charge is -2.17. The van der Waals surface area contributed by atoms with Crippen LogP contribution in [-0.2, 0) is 7.05 Å². The second-order valence-corrected chi connectivity index (χ2v) is 5.60. The highest BCUT2D eigenvalue weighted by Gasteiger charge is 2.16. The van der Waals surface area contributed by atoms with Crippen molar-refractivity contribution in [3.05, 3.63) is 32.8 Å². The molecule has 0 radical (unpaired) electrons. The Hall–Kier alpha value is -1.54. The molecular formula is C11H12N2O4S2. The third kappa shape index (κ3) is 2.10. The highest BCUT2D eigenvalue weighted by molar-refractivity contribution is 8.68. The van der Waals surface area contributed by atoms with Gasteiger partial charge in [0.15, 0.2) is 11.5 Å². The van der Waals surface area contributed by atoms with E-state index in [0.717, 1.165) is 22.9 Å². The summed E-state index contributed by atoms with van der Waals surface area (Å²) < 4.78 is 2.42. The van der Waals surface area contributed by atoms with Crippen LogP contribution in [0.1, 0.15) is 12.3 Å². The first kappa shape index (κ1) is 13.9. The zero-order valence-electron chi connectivity index (χ0n) is 10.2. The van der Waals surface area contributed by atoms with E-state index >= 15 is 0 Å². The zero-order valence-corrected chi connectivity index (χ0v) is 11.9. The van der Waals surface area contributed by atoms with Gasteiger partial charge in [0.2, 0.25) is 0 Å². The van der Waals surface area contributed by atoms with Crippen molar-refractivity contribution in [3.63, 3.8) is 0 Å². The van der Waals surface area contributed by atoms with Crippen molar-refractivity contribution >= 4 is 33.2 Å². The number of aromatic nitrogens is 2. The molecule has 2 rings (SSSR count). The van der Waals surface area contributed by atoms with E-state index in [0.29, 0.717) is 0 Å². The van der Waals surface area contributed by atoms with Crippen molar-refractivity contribution in [2.24, 2.45) is 7.05 Å². The van der Waals surface area contributed by atoms with Crippen molar-refractivity contribution in [3.8, 4) is 11.5 Å². The Kier molecular flexibility index (Phi) is 3.55. The van der Waals surface area contributed by atoms with Crippen LogP contribution in [0.5, 0.6) is 11.5 Å². The van der Waals surface area contributed by atoms with Crippen LogP contribution in [0.2, 0.25) is 0 Å². The summed E-state index contributed by atoms with van der Waals surface area (Å²) in [5, 5.41) is 18.7. The lowest BCUT2D eigenvalue weighted by Crippen LogP contribution is -2.37. The van der Waals surface area contributed by atoms with Crippen LogP contribution in [-0.4, -0.2) is 19.6 Å². The highest BCUT2D eigenvalue weighted by atomic mass is 33.1. The summed E-state index contributed by atoms with van der Waals surface area (Å²) in [5.74, 6) is -0.867. The van der Waals surface area contributed by atoms with Crippen molar-refractivity contribution < 1.29 is 10.2 Å². The molecule has 0 amide bonds. The third-order valence-corrected chi connectivity index (χ3v) is 4.32. The average molecular weight is 300 g/mol. The highest BCUT2D eigenvalue weighted by Crippen LogP contribution is 2.28. The maximum absolute atomic E-state index is 12.3. The van der Waals surface area contributed by atoms with Gasteiger partial charge < -0.3 is 10.2 Å². The molecule has 1 aromatic carbocycles. The molecule has 1 aromatic heterocycles. The maximum Gasteiger partial charge on any atom is 0.274 e. The van der Waals surface area contributed by atoms with Gasteiger partial charge in [0.1, 0.15) is 5.37 Å². The Morgan fingerprint density at radius 2 is 1.63 bits per heavy atom. The lowest BCUT2D eigenvalue weighted by atomic mass is 10.1. The molecule has 0 saturated heterocycles. The van der Waals surface area contributed by atoms with Gasteiger partial charge >= 0.3 is 0 Å². The van der Waals surface area contributed by atoms with E-state index < -0.39 is 22.6 Å². The van der Waals surface area contributed by atoms with E-state index in [1.807, 2.05) is 0 Å². The molecule has 0 aliphatic carbocycles. The Labute approximate surface area is 117 Å². The van der Waals surface area contributed by atoms with Crippen molar-refractivity contribution in [2.75, 3.05) is 0 Å². The summed E-state index contributed by atoms with van der Waals surface area (Å²) >= 11 is 4.04. The molecule has 0 spiro atoms. The minimum absolute atomic E-state index is 0.0626. The summed E-state index contributed by atoms with van der Waals surface area (Å²) in [6.07, 6.45) is 0. The molecule has 0 fully saturated rings. The molecule has 1 atom stereocenters. The molecule has 0 saturated carbocycles. The smallest absolute Gasteiger partial charge is 0.274 e. The second-order valence-electron chi connectivity index (χ2n) is 4.07. The summed E-state index contributed by atoms with van der Waals surface area (Å²) in [4.78, 5) is 24.5. The number of nitrogens with zero attached hydrogens (tertiary/aromatic N) is 2. The van der Waals surface area contributed by atoms with Crippen LogP contribution in [0.15, 0.2) is 21.7 Å². The minimum Gasteiger partial charge on any atom is -0.504 e. The first-order chi connectivity index (χ1) is 8.88. The quantitative estimate of drug-likeness (QED) is 0.441. The Bertz CT molecular complexity index is 766. The van der Waals surface area contributed by atoms with Gasteiger partial charge in [-0.2, -0.15) is 0 Å². The molecule has 0 aliphatic heterocycles. The number of thiol groups is 1. The van der Waals surface area contributed by atoms with Crippen molar-refractivity contribution in [2.45, 2.75) is 12.3 Å². The number of hydrogen-bond donors (Lipinski definition) is 3. The fourth-order valence-electron chi connectivity index (χ4n) is 1.92. The molecule has 0 aliphatic rings. The predicted octanol–water partition coefficient (Wildman–Crippen LogP) is 1.21. The molecule has 0 bridgehead atoms. The summed E-state index contributed by atoms with van der Waals surface area (Å²) in [5.41, 5.74) is -0.861. The number of rotatable bonds is 2. The second kappa shape index (κ2) is 4.86. The first-order valence-corrected chi connectivity index (χ1v) is 7.29. The SMILES string of the molecule is CC(SS)n1c(=O)c2cc(O)c(O)cc2c(=O)n1C. The van der Waals surface area contributed by atoms with E-state index in [9.17, 15) is 19.8 Å². The van der Waals surface area contributed by atoms with Gasteiger partial charge in [-0.05, 0) is 19.1 Å². The predicted molar refractivity (Wildman–Crippen MR) is 78.1 cm³/mol. The normalized spacial score (nSPS) is 12.8. The van der Waals surface area contributed by atoms with Gasteiger partial charge in [0.05, 0.1) is 10.8 Å². The van der Waals surface area contributed by atoms with Gasteiger partial charge in [0.25, 0.3) is 11.1 Å². The van der Waals surface area contributed by atoms with E-state index in [2.05, 4.69) is 11.7 Å². The summed E-state index contributed by atoms with van der Waals surface area (Å²) in [6, 6.07) is 2.19. The monoisotopic (exact) mass is 300 g/mol. The molecule has 8 heteroatoms. The van der Waals surface area contributed by atoms with E-state index in [1.165, 1.54) is 16.4 Å². The Morgan fingerprint density at radius 1 is 1.16 bits per heavy atom. The van der Waals surface area contributed by atoms with E-state index in [-0.39, 0.29) is 16.1 Å². The van der Waals surface area contributed by atoms with Crippen molar-refractivity contribution in [1.82, 2.24) is 9.36 Å². The fourth-order valence-corrected chi connectivity index (χ4v) is 2.51. The molecule has 102 valence electrons. The van der Waals surface area contributed by atoms with E-state index in [1.54, 1.807) is 6.92 Å².